The maximum atomic E-state index is 9.84. The minimum absolute atomic E-state index is 0.253. The number of H-pyrrole nitrogens is 2. The van der Waals surface area contributed by atoms with Crippen LogP contribution in [0.4, 0.5) is 0 Å². The highest BCUT2D eigenvalue weighted by molar-refractivity contribution is 5.75. The van der Waals surface area contributed by atoms with Crippen LogP contribution in [-0.4, -0.2) is 53.5 Å². The Balaban J connectivity index is 0.000000152. The number of aromatic amines is 2. The zero-order valence-corrected chi connectivity index (χ0v) is 19.8. The number of methoxy groups -OCH3 is 1. The zero-order valence-electron chi connectivity index (χ0n) is 19.8. The molecule has 10 nitrogen and oxygen atoms in total. The van der Waals surface area contributed by atoms with Gasteiger partial charge in [0.25, 0.3) is 0 Å². The van der Waals surface area contributed by atoms with E-state index in [1.165, 1.54) is 0 Å². The molecule has 2 heterocycles. The van der Waals surface area contributed by atoms with E-state index < -0.39 is 0 Å². The summed E-state index contributed by atoms with van der Waals surface area (Å²) in [5.74, 6) is 2.21. The third kappa shape index (κ3) is 5.33. The summed E-state index contributed by atoms with van der Waals surface area (Å²) in [7, 11) is 1.67. The summed E-state index contributed by atoms with van der Waals surface area (Å²) in [4.78, 5) is 0. The van der Waals surface area contributed by atoms with Crippen LogP contribution in [0.1, 0.15) is 0 Å². The third-order valence-corrected chi connectivity index (χ3v) is 5.57. The van der Waals surface area contributed by atoms with E-state index in [0.717, 1.165) is 39.1 Å². The maximum absolute atomic E-state index is 9.84. The molecule has 0 saturated heterocycles. The van der Waals surface area contributed by atoms with Gasteiger partial charge in [-0.05, 0) is 45.8 Å². The first-order valence-electron chi connectivity index (χ1n) is 11.3. The number of para-hydroxylation sites is 2. The van der Waals surface area contributed by atoms with E-state index in [9.17, 15) is 5.11 Å². The Morgan fingerprint density at radius 1 is 0.595 bits per heavy atom. The van der Waals surface area contributed by atoms with Crippen molar-refractivity contribution >= 4 is 0 Å². The van der Waals surface area contributed by atoms with E-state index in [2.05, 4.69) is 41.2 Å². The molecule has 10 heteroatoms. The van der Waals surface area contributed by atoms with Gasteiger partial charge >= 0.3 is 0 Å². The van der Waals surface area contributed by atoms with Crippen LogP contribution in [0.15, 0.2) is 97.1 Å². The van der Waals surface area contributed by atoms with Crippen molar-refractivity contribution in [1.29, 1.82) is 0 Å². The largest absolute Gasteiger partial charge is 0.507 e. The minimum Gasteiger partial charge on any atom is -0.507 e. The van der Waals surface area contributed by atoms with Crippen molar-refractivity contribution in [3.63, 3.8) is 0 Å². The molecule has 182 valence electrons. The van der Waals surface area contributed by atoms with Crippen LogP contribution in [0.3, 0.4) is 0 Å². The summed E-state index contributed by atoms with van der Waals surface area (Å²) >= 11 is 0. The smallest absolute Gasteiger partial charge is 0.204 e. The van der Waals surface area contributed by atoms with Crippen molar-refractivity contribution in [2.45, 2.75) is 0 Å². The number of ether oxygens (including phenoxy) is 1. The molecule has 0 aliphatic carbocycles. The number of aromatic nitrogens is 8. The molecular formula is C27H22N8O2. The average molecular weight is 491 g/mol. The summed E-state index contributed by atoms with van der Waals surface area (Å²) in [5.41, 5.74) is 5.55. The standard InChI is InChI=1S/C14H12N4O.C13H10N4O/c1-19-13-8-3-2-7-12(13)10-5-4-6-11(9-10)14-15-17-18-16-14;18-12-7-2-1-6-11(12)9-4-3-5-10(8-9)13-14-16-17-15-13/h2-9H,1H3,(H,15,16,17,18);1-8,18H,(H,14,15,16,17). The second-order valence-corrected chi connectivity index (χ2v) is 7.85. The second-order valence-electron chi connectivity index (χ2n) is 7.85. The molecule has 0 spiro atoms. The molecule has 0 aliphatic heterocycles. The van der Waals surface area contributed by atoms with Crippen molar-refractivity contribution in [3.05, 3.63) is 97.1 Å². The fourth-order valence-electron chi connectivity index (χ4n) is 3.82. The molecule has 37 heavy (non-hydrogen) atoms. The van der Waals surface area contributed by atoms with Gasteiger partial charge in [0.05, 0.1) is 7.11 Å². The lowest BCUT2D eigenvalue weighted by atomic mass is 10.0. The molecule has 0 amide bonds. The van der Waals surface area contributed by atoms with Crippen LogP contribution in [0.2, 0.25) is 0 Å². The average Bonchev–Trinajstić information content (AvgIpc) is 3.69. The molecule has 0 radical (unpaired) electrons. The van der Waals surface area contributed by atoms with E-state index in [1.54, 1.807) is 19.2 Å². The number of tetrazole rings is 2. The summed E-state index contributed by atoms with van der Waals surface area (Å²) in [5, 5.41) is 37.7. The van der Waals surface area contributed by atoms with Gasteiger partial charge in [-0.1, -0.05) is 72.8 Å². The maximum Gasteiger partial charge on any atom is 0.204 e. The first kappa shape index (κ1) is 23.4. The highest BCUT2D eigenvalue weighted by Gasteiger charge is 2.09. The lowest BCUT2D eigenvalue weighted by molar-refractivity contribution is 0.416. The first-order valence-corrected chi connectivity index (χ1v) is 11.3. The van der Waals surface area contributed by atoms with Crippen LogP contribution in [0.5, 0.6) is 11.5 Å². The Morgan fingerprint density at radius 3 is 1.65 bits per heavy atom. The molecule has 2 aromatic heterocycles. The second kappa shape index (κ2) is 10.9. The molecule has 0 saturated carbocycles. The Morgan fingerprint density at radius 2 is 1.11 bits per heavy atom. The molecule has 6 rings (SSSR count). The number of nitrogens with zero attached hydrogens (tertiary/aromatic N) is 6. The lowest BCUT2D eigenvalue weighted by Gasteiger charge is -2.08. The molecule has 0 unspecified atom stereocenters. The predicted octanol–water partition coefficient (Wildman–Crippen LogP) is 4.78. The zero-order chi connectivity index (χ0) is 25.5. The van der Waals surface area contributed by atoms with Gasteiger partial charge < -0.3 is 9.84 Å². The van der Waals surface area contributed by atoms with Crippen LogP contribution in [0, 0.1) is 0 Å². The monoisotopic (exact) mass is 490 g/mol. The fourth-order valence-corrected chi connectivity index (χ4v) is 3.82. The Hall–Kier alpha value is -5.38. The quantitative estimate of drug-likeness (QED) is 0.314. The van der Waals surface area contributed by atoms with E-state index in [0.29, 0.717) is 11.6 Å². The van der Waals surface area contributed by atoms with Crippen molar-refractivity contribution < 1.29 is 9.84 Å². The van der Waals surface area contributed by atoms with Crippen LogP contribution >= 0.6 is 0 Å². The third-order valence-electron chi connectivity index (χ3n) is 5.57. The van der Waals surface area contributed by atoms with Crippen molar-refractivity contribution in [2.75, 3.05) is 7.11 Å². The highest BCUT2D eigenvalue weighted by Crippen LogP contribution is 2.32. The number of nitrogens with one attached hydrogen (secondary N) is 2. The molecule has 3 N–H and O–H groups in total. The van der Waals surface area contributed by atoms with Gasteiger partial charge in [-0.3, -0.25) is 0 Å². The molecule has 0 atom stereocenters. The first-order chi connectivity index (χ1) is 18.2. The van der Waals surface area contributed by atoms with E-state index in [4.69, 9.17) is 4.74 Å². The van der Waals surface area contributed by atoms with E-state index in [-0.39, 0.29) is 5.75 Å². The summed E-state index contributed by atoms with van der Waals surface area (Å²) in [6, 6.07) is 30.7. The molecule has 4 aromatic carbocycles. The van der Waals surface area contributed by atoms with Crippen LogP contribution < -0.4 is 4.74 Å². The van der Waals surface area contributed by atoms with Crippen molar-refractivity contribution in [1.82, 2.24) is 41.2 Å². The Kier molecular flexibility index (Phi) is 6.89. The number of phenolic OH excluding ortho intramolecular Hbond substituents is 1. The SMILES string of the molecule is COc1ccccc1-c1cccc(-c2nn[nH]n2)c1.Oc1ccccc1-c1cccc(-c2nn[nH]n2)c1. The van der Waals surface area contributed by atoms with Gasteiger partial charge in [-0.25, -0.2) is 0 Å². The van der Waals surface area contributed by atoms with Gasteiger partial charge in [0, 0.05) is 22.3 Å². The number of rotatable bonds is 5. The van der Waals surface area contributed by atoms with Crippen LogP contribution in [0.25, 0.3) is 45.0 Å². The number of hydrogen-bond acceptors (Lipinski definition) is 8. The normalized spacial score (nSPS) is 10.4. The van der Waals surface area contributed by atoms with Crippen molar-refractivity contribution in [3.8, 4) is 56.5 Å². The molecule has 0 aliphatic rings. The van der Waals surface area contributed by atoms with Gasteiger partial charge in [-0.15, -0.1) is 20.4 Å². The highest BCUT2D eigenvalue weighted by atomic mass is 16.5. The predicted molar refractivity (Wildman–Crippen MR) is 138 cm³/mol. The molecule has 6 aromatic rings. The molecule has 0 bridgehead atoms. The Labute approximate surface area is 212 Å². The van der Waals surface area contributed by atoms with E-state index >= 15 is 0 Å². The Bertz CT molecular complexity index is 1580. The van der Waals surface area contributed by atoms with Crippen molar-refractivity contribution in [2.24, 2.45) is 0 Å². The van der Waals surface area contributed by atoms with Crippen LogP contribution in [-0.2, 0) is 0 Å². The number of hydrogen-bond donors (Lipinski definition) is 3. The van der Waals surface area contributed by atoms with Gasteiger partial charge in [0.2, 0.25) is 11.6 Å². The summed E-state index contributed by atoms with van der Waals surface area (Å²) in [6.07, 6.45) is 0. The number of benzene rings is 4. The number of aromatic hydroxyl groups is 1. The topological polar surface area (TPSA) is 138 Å². The number of phenols is 1. The summed E-state index contributed by atoms with van der Waals surface area (Å²) < 4.78 is 5.38. The van der Waals surface area contributed by atoms with Gasteiger partial charge in [0.15, 0.2) is 0 Å². The minimum atomic E-state index is 0.253. The lowest BCUT2D eigenvalue weighted by Crippen LogP contribution is -1.88. The molecule has 0 fully saturated rings. The van der Waals surface area contributed by atoms with E-state index in [1.807, 2.05) is 84.9 Å². The van der Waals surface area contributed by atoms with Gasteiger partial charge in [0.1, 0.15) is 11.5 Å². The molecular weight excluding hydrogens is 468 g/mol. The summed E-state index contributed by atoms with van der Waals surface area (Å²) in [6.45, 7) is 0. The van der Waals surface area contributed by atoms with Gasteiger partial charge in [-0.2, -0.15) is 10.4 Å². The fraction of sp³-hybridized carbons (Fsp3) is 0.0370.